The number of benzene rings is 1. The summed E-state index contributed by atoms with van der Waals surface area (Å²) in [6.45, 7) is 3.11. The van der Waals surface area contributed by atoms with Gasteiger partial charge in [-0.1, -0.05) is 12.2 Å². The van der Waals surface area contributed by atoms with Crippen LogP contribution in [0.15, 0.2) is 18.2 Å². The highest BCUT2D eigenvalue weighted by atomic mass is 16.3. The van der Waals surface area contributed by atoms with Crippen LogP contribution in [0.3, 0.4) is 0 Å². The van der Waals surface area contributed by atoms with E-state index in [1.165, 1.54) is 13.0 Å². The molecule has 0 saturated carbocycles. The molecule has 0 radical (unpaired) electrons. The zero-order valence-electron chi connectivity index (χ0n) is 9.19. The molecule has 3 N–H and O–H groups in total. The largest absolute Gasteiger partial charge is 0.504 e. The molecule has 0 saturated heterocycles. The zero-order chi connectivity index (χ0) is 12.3. The molecule has 1 rings (SSSR count). The fraction of sp³-hybridized carbons (Fsp3) is 0.250. The van der Waals surface area contributed by atoms with Crippen LogP contribution in [-0.4, -0.2) is 21.1 Å². The van der Waals surface area contributed by atoms with Crippen LogP contribution >= 0.6 is 0 Å². The van der Waals surface area contributed by atoms with Crippen molar-refractivity contribution in [3.8, 4) is 17.2 Å². The molecule has 1 aromatic rings. The van der Waals surface area contributed by atoms with Crippen molar-refractivity contribution in [3.63, 3.8) is 0 Å². The summed E-state index contributed by atoms with van der Waals surface area (Å²) >= 11 is 0. The van der Waals surface area contributed by atoms with Gasteiger partial charge in [0, 0.05) is 5.56 Å². The average Bonchev–Trinajstić information content (AvgIpc) is 2.24. The Bertz CT molecular complexity index is 447. The number of aromatic hydroxyl groups is 3. The quantitative estimate of drug-likeness (QED) is 0.416. The Labute approximate surface area is 93.5 Å². The third-order valence-corrected chi connectivity index (χ3v) is 2.28. The summed E-state index contributed by atoms with van der Waals surface area (Å²) in [7, 11) is 0. The zero-order valence-corrected chi connectivity index (χ0v) is 9.19. The van der Waals surface area contributed by atoms with Gasteiger partial charge in [0.25, 0.3) is 0 Å². The molecule has 0 bridgehead atoms. The van der Waals surface area contributed by atoms with Gasteiger partial charge in [-0.15, -0.1) is 0 Å². The van der Waals surface area contributed by atoms with Gasteiger partial charge in [0.05, 0.1) is 5.56 Å². The van der Waals surface area contributed by atoms with Crippen molar-refractivity contribution in [2.45, 2.75) is 20.3 Å². The molecule has 0 amide bonds. The van der Waals surface area contributed by atoms with Gasteiger partial charge < -0.3 is 15.3 Å². The first-order valence-corrected chi connectivity index (χ1v) is 4.87. The summed E-state index contributed by atoms with van der Waals surface area (Å²) in [5.41, 5.74) is 0.411. The molecule has 0 heterocycles. The topological polar surface area (TPSA) is 77.8 Å². The van der Waals surface area contributed by atoms with Crippen LogP contribution < -0.4 is 0 Å². The number of hydrogen-bond donors (Lipinski definition) is 3. The summed E-state index contributed by atoms with van der Waals surface area (Å²) in [6.07, 6.45) is 3.95. The molecule has 4 nitrogen and oxygen atoms in total. The first kappa shape index (κ1) is 12.1. The minimum Gasteiger partial charge on any atom is -0.504 e. The number of ketones is 1. The molecule has 4 heteroatoms. The van der Waals surface area contributed by atoms with E-state index in [1.54, 1.807) is 12.2 Å². The van der Waals surface area contributed by atoms with Gasteiger partial charge in [-0.25, -0.2) is 0 Å². The molecule has 0 aromatic heterocycles. The van der Waals surface area contributed by atoms with E-state index in [1.807, 2.05) is 6.92 Å². The van der Waals surface area contributed by atoms with E-state index in [2.05, 4.69) is 0 Å². The lowest BCUT2D eigenvalue weighted by molar-refractivity contribution is 0.101. The Morgan fingerprint density at radius 3 is 2.38 bits per heavy atom. The molecule has 0 spiro atoms. The molecule has 0 atom stereocenters. The van der Waals surface area contributed by atoms with Crippen LogP contribution in [0.2, 0.25) is 0 Å². The van der Waals surface area contributed by atoms with Gasteiger partial charge in [-0.05, 0) is 26.3 Å². The summed E-state index contributed by atoms with van der Waals surface area (Å²) in [4.78, 5) is 11.2. The molecule has 0 aliphatic carbocycles. The van der Waals surface area contributed by atoms with E-state index >= 15 is 0 Å². The highest BCUT2D eigenvalue weighted by Crippen LogP contribution is 2.40. The second kappa shape index (κ2) is 4.70. The first-order chi connectivity index (χ1) is 7.49. The van der Waals surface area contributed by atoms with Crippen LogP contribution in [0.4, 0.5) is 0 Å². The van der Waals surface area contributed by atoms with Crippen LogP contribution in [0.25, 0.3) is 0 Å². The molecule has 0 aliphatic rings. The minimum absolute atomic E-state index is 0.00908. The SMILES string of the molecule is CC=CCc1cc(C(C)=O)c(O)c(O)c1O. The lowest BCUT2D eigenvalue weighted by Gasteiger charge is -2.09. The number of hydrogen-bond acceptors (Lipinski definition) is 4. The lowest BCUT2D eigenvalue weighted by atomic mass is 10.0. The predicted molar refractivity (Wildman–Crippen MR) is 60.0 cm³/mol. The van der Waals surface area contributed by atoms with E-state index in [0.717, 1.165) is 0 Å². The molecular formula is C12H14O4. The fourth-order valence-corrected chi connectivity index (χ4v) is 1.37. The number of allylic oxidation sites excluding steroid dienone is 2. The maximum Gasteiger partial charge on any atom is 0.201 e. The van der Waals surface area contributed by atoms with Crippen LogP contribution in [0.1, 0.15) is 29.8 Å². The maximum atomic E-state index is 11.2. The highest BCUT2D eigenvalue weighted by Gasteiger charge is 2.18. The van der Waals surface area contributed by atoms with Crippen molar-refractivity contribution >= 4 is 5.78 Å². The standard InChI is InChI=1S/C12H14O4/c1-3-4-5-8-6-9(7(2)13)11(15)12(16)10(8)14/h3-4,6,14-16H,5H2,1-2H3. The average molecular weight is 222 g/mol. The minimum atomic E-state index is -0.646. The van der Waals surface area contributed by atoms with Crippen molar-refractivity contribution in [1.29, 1.82) is 0 Å². The number of phenolic OH excluding ortho intramolecular Hbond substituents is 3. The van der Waals surface area contributed by atoms with Crippen LogP contribution in [0, 0.1) is 0 Å². The predicted octanol–water partition coefficient (Wildman–Crippen LogP) is 2.12. The van der Waals surface area contributed by atoms with E-state index in [9.17, 15) is 20.1 Å². The normalized spacial score (nSPS) is 10.9. The lowest BCUT2D eigenvalue weighted by Crippen LogP contribution is -1.96. The second-order valence-electron chi connectivity index (χ2n) is 3.46. The molecule has 0 unspecified atom stereocenters. The Morgan fingerprint density at radius 1 is 1.25 bits per heavy atom. The maximum absolute atomic E-state index is 11.2. The van der Waals surface area contributed by atoms with E-state index < -0.39 is 11.5 Å². The van der Waals surface area contributed by atoms with Crippen molar-refractivity contribution in [2.24, 2.45) is 0 Å². The fourth-order valence-electron chi connectivity index (χ4n) is 1.37. The summed E-state index contributed by atoms with van der Waals surface area (Å²) in [5, 5.41) is 28.4. The summed E-state index contributed by atoms with van der Waals surface area (Å²) in [6, 6.07) is 1.38. The third kappa shape index (κ3) is 2.16. The number of rotatable bonds is 3. The Balaban J connectivity index is 3.35. The van der Waals surface area contributed by atoms with E-state index in [0.29, 0.717) is 12.0 Å². The Hall–Kier alpha value is -1.97. The second-order valence-corrected chi connectivity index (χ2v) is 3.46. The van der Waals surface area contributed by atoms with Crippen molar-refractivity contribution in [2.75, 3.05) is 0 Å². The van der Waals surface area contributed by atoms with E-state index in [4.69, 9.17) is 0 Å². The molecule has 0 aliphatic heterocycles. The third-order valence-electron chi connectivity index (χ3n) is 2.28. The van der Waals surface area contributed by atoms with Gasteiger partial charge in [0.2, 0.25) is 5.75 Å². The Morgan fingerprint density at radius 2 is 1.88 bits per heavy atom. The number of carbonyl (C=O) groups is 1. The van der Waals surface area contributed by atoms with E-state index in [-0.39, 0.29) is 17.1 Å². The van der Waals surface area contributed by atoms with Gasteiger partial charge in [0.1, 0.15) is 0 Å². The van der Waals surface area contributed by atoms with Crippen LogP contribution in [0.5, 0.6) is 17.2 Å². The van der Waals surface area contributed by atoms with Gasteiger partial charge in [-0.3, -0.25) is 4.79 Å². The summed E-state index contributed by atoms with van der Waals surface area (Å²) < 4.78 is 0. The van der Waals surface area contributed by atoms with Gasteiger partial charge in [0.15, 0.2) is 17.3 Å². The molecular weight excluding hydrogens is 208 g/mol. The van der Waals surface area contributed by atoms with Crippen molar-refractivity contribution < 1.29 is 20.1 Å². The molecule has 0 fully saturated rings. The Kier molecular flexibility index (Phi) is 3.55. The van der Waals surface area contributed by atoms with Gasteiger partial charge in [-0.2, -0.15) is 0 Å². The molecule has 86 valence electrons. The number of phenols is 3. The first-order valence-electron chi connectivity index (χ1n) is 4.87. The highest BCUT2D eigenvalue weighted by molar-refractivity contribution is 5.98. The monoisotopic (exact) mass is 222 g/mol. The van der Waals surface area contributed by atoms with Gasteiger partial charge >= 0.3 is 0 Å². The molecule has 16 heavy (non-hydrogen) atoms. The molecule has 1 aromatic carbocycles. The smallest absolute Gasteiger partial charge is 0.201 e. The van der Waals surface area contributed by atoms with Crippen LogP contribution in [-0.2, 0) is 6.42 Å². The van der Waals surface area contributed by atoms with Crippen molar-refractivity contribution in [1.82, 2.24) is 0 Å². The van der Waals surface area contributed by atoms with Crippen molar-refractivity contribution in [3.05, 3.63) is 29.3 Å². The number of carbonyl (C=O) groups excluding carboxylic acids is 1. The number of Topliss-reactive ketones (excluding diaryl/α,β-unsaturated/α-hetero) is 1. The summed E-state index contributed by atoms with van der Waals surface area (Å²) in [5.74, 6) is -1.98.